The third kappa shape index (κ3) is 4.98. The Morgan fingerprint density at radius 2 is 1.65 bits per heavy atom. The summed E-state index contributed by atoms with van der Waals surface area (Å²) in [6.45, 7) is 8.69. The number of rotatable bonds is 5. The molecule has 2 atom stereocenters. The van der Waals surface area contributed by atoms with Crippen LogP contribution >= 0.6 is 35.4 Å². The van der Waals surface area contributed by atoms with Crippen LogP contribution in [0.25, 0.3) is 5.69 Å². The summed E-state index contributed by atoms with van der Waals surface area (Å²) in [4.78, 5) is 9.33. The largest absolute Gasteiger partial charge is 0.370 e. The van der Waals surface area contributed by atoms with Crippen LogP contribution in [0.5, 0.6) is 0 Å². The molecule has 2 saturated heterocycles. The molecule has 4 heterocycles. The van der Waals surface area contributed by atoms with Crippen molar-refractivity contribution in [3.05, 3.63) is 106 Å². The SMILES string of the molecule is Cc1cc([C@H]2[C@@H](c3ccccn3)NC(=S)N2c2ccc(N3CCC(C)CC3)c(Cl)c2)c(C)n1-c1ccc(Cl)cc1. The van der Waals surface area contributed by atoms with Gasteiger partial charge in [0.1, 0.15) is 0 Å². The summed E-state index contributed by atoms with van der Waals surface area (Å²) in [5.74, 6) is 0.763. The Morgan fingerprint density at radius 3 is 2.33 bits per heavy atom. The van der Waals surface area contributed by atoms with Crippen LogP contribution in [0.1, 0.15) is 54.5 Å². The van der Waals surface area contributed by atoms with Crippen LogP contribution in [0.2, 0.25) is 10.0 Å². The third-order valence-electron chi connectivity index (χ3n) is 8.31. The zero-order valence-corrected chi connectivity index (χ0v) is 25.3. The van der Waals surface area contributed by atoms with Gasteiger partial charge in [0.05, 0.1) is 28.5 Å². The highest BCUT2D eigenvalue weighted by Crippen LogP contribution is 2.45. The quantitative estimate of drug-likeness (QED) is 0.237. The maximum atomic E-state index is 6.97. The van der Waals surface area contributed by atoms with Gasteiger partial charge in [-0.1, -0.05) is 36.2 Å². The highest BCUT2D eigenvalue weighted by Gasteiger charge is 2.42. The minimum absolute atomic E-state index is 0.118. The van der Waals surface area contributed by atoms with Gasteiger partial charge in [-0.2, -0.15) is 0 Å². The van der Waals surface area contributed by atoms with Gasteiger partial charge >= 0.3 is 0 Å². The predicted octanol–water partition coefficient (Wildman–Crippen LogP) is 8.21. The van der Waals surface area contributed by atoms with E-state index in [1.807, 2.05) is 30.5 Å². The molecule has 6 rings (SSSR count). The number of aryl methyl sites for hydroxylation is 1. The van der Waals surface area contributed by atoms with Crippen LogP contribution < -0.4 is 15.1 Å². The van der Waals surface area contributed by atoms with Gasteiger partial charge in [0.15, 0.2) is 5.11 Å². The Labute approximate surface area is 251 Å². The minimum Gasteiger partial charge on any atom is -0.370 e. The van der Waals surface area contributed by atoms with Crippen molar-refractivity contribution in [2.24, 2.45) is 5.92 Å². The van der Waals surface area contributed by atoms with E-state index in [2.05, 4.69) is 82.9 Å². The second-order valence-electron chi connectivity index (χ2n) is 10.9. The Kier molecular flexibility index (Phi) is 7.51. The number of hydrogen-bond acceptors (Lipinski definition) is 3. The summed E-state index contributed by atoms with van der Waals surface area (Å²) in [7, 11) is 0. The van der Waals surface area contributed by atoms with Gasteiger partial charge in [-0.05, 0) is 111 Å². The van der Waals surface area contributed by atoms with Crippen molar-refractivity contribution in [1.29, 1.82) is 0 Å². The van der Waals surface area contributed by atoms with Gasteiger partial charge in [0.25, 0.3) is 0 Å². The molecule has 0 amide bonds. The van der Waals surface area contributed by atoms with E-state index in [1.165, 1.54) is 18.4 Å². The van der Waals surface area contributed by atoms with Crippen LogP contribution in [0.4, 0.5) is 11.4 Å². The molecule has 40 heavy (non-hydrogen) atoms. The molecule has 4 aromatic rings. The van der Waals surface area contributed by atoms with Crippen LogP contribution in [0.15, 0.2) is 72.9 Å². The lowest BCUT2D eigenvalue weighted by Crippen LogP contribution is -2.33. The summed E-state index contributed by atoms with van der Waals surface area (Å²) in [5.41, 5.74) is 7.54. The van der Waals surface area contributed by atoms with Crippen molar-refractivity contribution < 1.29 is 0 Å². The number of pyridine rings is 1. The zero-order chi connectivity index (χ0) is 28.0. The average Bonchev–Trinajstić information content (AvgIpc) is 3.45. The average molecular weight is 591 g/mol. The summed E-state index contributed by atoms with van der Waals surface area (Å²) in [6.07, 6.45) is 4.21. The first-order chi connectivity index (χ1) is 19.3. The Balaban J connectivity index is 1.43. The highest BCUT2D eigenvalue weighted by molar-refractivity contribution is 7.80. The Morgan fingerprint density at radius 1 is 0.925 bits per heavy atom. The fourth-order valence-corrected chi connectivity index (χ4v) is 6.94. The lowest BCUT2D eigenvalue weighted by Gasteiger charge is -2.33. The molecule has 2 aliphatic rings. The second-order valence-corrected chi connectivity index (χ2v) is 12.2. The molecule has 5 nitrogen and oxygen atoms in total. The van der Waals surface area contributed by atoms with Crippen LogP contribution in [-0.4, -0.2) is 27.8 Å². The zero-order valence-electron chi connectivity index (χ0n) is 22.9. The molecule has 2 fully saturated rings. The minimum atomic E-state index is -0.130. The maximum Gasteiger partial charge on any atom is 0.174 e. The molecular weight excluding hydrogens is 557 g/mol. The van der Waals surface area contributed by atoms with Crippen LogP contribution in [0, 0.1) is 19.8 Å². The van der Waals surface area contributed by atoms with E-state index in [0.717, 1.165) is 63.2 Å². The summed E-state index contributed by atoms with van der Waals surface area (Å²) in [6, 6.07) is 22.4. The van der Waals surface area contributed by atoms with Gasteiger partial charge in [-0.25, -0.2) is 0 Å². The first kappa shape index (κ1) is 27.1. The van der Waals surface area contributed by atoms with E-state index in [0.29, 0.717) is 5.11 Å². The van der Waals surface area contributed by atoms with Gasteiger partial charge < -0.3 is 19.7 Å². The topological polar surface area (TPSA) is 36.3 Å². The molecular formula is C32H33Cl2N5S. The number of thiocarbonyl (C=S) groups is 1. The number of hydrogen-bond donors (Lipinski definition) is 1. The Hall–Kier alpha value is -3.06. The van der Waals surface area contributed by atoms with Gasteiger partial charge in [-0.3, -0.25) is 4.98 Å². The molecule has 0 radical (unpaired) electrons. The van der Waals surface area contributed by atoms with Gasteiger partial charge in [0, 0.05) is 47.1 Å². The fourth-order valence-electron chi connectivity index (χ4n) is 6.18. The molecule has 2 aromatic carbocycles. The van der Waals surface area contributed by atoms with E-state index in [9.17, 15) is 0 Å². The number of nitrogens with one attached hydrogen (secondary N) is 1. The lowest BCUT2D eigenvalue weighted by molar-refractivity contribution is 0.438. The van der Waals surface area contributed by atoms with E-state index in [-0.39, 0.29) is 12.1 Å². The molecule has 8 heteroatoms. The first-order valence-electron chi connectivity index (χ1n) is 13.8. The summed E-state index contributed by atoms with van der Waals surface area (Å²) < 4.78 is 2.27. The number of aromatic nitrogens is 2. The number of nitrogens with zero attached hydrogens (tertiary/aromatic N) is 4. The molecule has 2 aromatic heterocycles. The molecule has 0 unspecified atom stereocenters. The number of halogens is 2. The molecule has 1 N–H and O–H groups in total. The lowest BCUT2D eigenvalue weighted by atomic mass is 9.96. The van der Waals surface area contributed by atoms with Crippen LogP contribution in [-0.2, 0) is 0 Å². The number of benzene rings is 2. The van der Waals surface area contributed by atoms with Crippen molar-refractivity contribution in [3.63, 3.8) is 0 Å². The van der Waals surface area contributed by atoms with Crippen molar-refractivity contribution in [1.82, 2.24) is 14.9 Å². The summed E-state index contributed by atoms with van der Waals surface area (Å²) in [5, 5.41) is 5.72. The van der Waals surface area contributed by atoms with Crippen molar-refractivity contribution in [2.45, 2.75) is 45.7 Å². The van der Waals surface area contributed by atoms with E-state index in [4.69, 9.17) is 40.4 Å². The van der Waals surface area contributed by atoms with E-state index < -0.39 is 0 Å². The van der Waals surface area contributed by atoms with Crippen molar-refractivity contribution >= 4 is 51.9 Å². The molecule has 0 spiro atoms. The van der Waals surface area contributed by atoms with Crippen LogP contribution in [0.3, 0.4) is 0 Å². The van der Waals surface area contributed by atoms with Crippen molar-refractivity contribution in [3.8, 4) is 5.69 Å². The van der Waals surface area contributed by atoms with Gasteiger partial charge in [-0.15, -0.1) is 0 Å². The third-order valence-corrected chi connectivity index (χ3v) is 9.17. The highest BCUT2D eigenvalue weighted by atomic mass is 35.5. The molecule has 0 saturated carbocycles. The Bertz CT molecular complexity index is 1530. The number of anilines is 2. The van der Waals surface area contributed by atoms with E-state index in [1.54, 1.807) is 0 Å². The summed E-state index contributed by atoms with van der Waals surface area (Å²) >= 11 is 19.2. The smallest absolute Gasteiger partial charge is 0.174 e. The maximum absolute atomic E-state index is 6.97. The second kappa shape index (κ2) is 11.1. The first-order valence-corrected chi connectivity index (χ1v) is 15.0. The standard InChI is InChI=1S/C32H33Cl2N5S/c1-20-13-16-37(17-14-20)29-12-11-25(19-27(29)34)39-31(30(36-32(39)40)28-6-4-5-15-35-28)26-18-21(2)38(22(26)3)24-9-7-23(33)8-10-24/h4-12,15,18-20,30-31H,13-14,16-17H2,1-3H3,(H,36,40)/t30-,31+/m1/s1. The molecule has 206 valence electrons. The fraction of sp³-hybridized carbons (Fsp3) is 0.312. The van der Waals surface area contributed by atoms with Gasteiger partial charge in [0.2, 0.25) is 0 Å². The molecule has 0 aliphatic carbocycles. The predicted molar refractivity (Wildman–Crippen MR) is 170 cm³/mol. The van der Waals surface area contributed by atoms with E-state index >= 15 is 0 Å². The molecule has 0 bridgehead atoms. The number of piperidine rings is 1. The van der Waals surface area contributed by atoms with Crippen molar-refractivity contribution in [2.75, 3.05) is 22.9 Å². The molecule has 2 aliphatic heterocycles. The normalized spacial score (nSPS) is 19.8. The monoisotopic (exact) mass is 589 g/mol.